The van der Waals surface area contributed by atoms with Crippen LogP contribution in [0.1, 0.15) is 5.89 Å². The van der Waals surface area contributed by atoms with Gasteiger partial charge in [-0.05, 0) is 12.1 Å². The van der Waals surface area contributed by atoms with Crippen molar-refractivity contribution in [2.75, 3.05) is 11.2 Å². The highest BCUT2D eigenvalue weighted by Gasteiger charge is 2.08. The molecule has 0 fully saturated rings. The lowest BCUT2D eigenvalue weighted by Gasteiger charge is -2.01. The Bertz CT molecular complexity index is 507. The molecule has 1 amide bonds. The fourth-order valence-electron chi connectivity index (χ4n) is 1.34. The lowest BCUT2D eigenvalue weighted by atomic mass is 10.3. The van der Waals surface area contributed by atoms with Gasteiger partial charge in [0.2, 0.25) is 5.91 Å². The molecule has 78 valence electrons. The topological polar surface area (TPSA) is 55.1 Å². The first-order valence-electron chi connectivity index (χ1n) is 4.42. The molecule has 0 saturated carbocycles. The van der Waals surface area contributed by atoms with Gasteiger partial charge in [-0.3, -0.25) is 4.79 Å². The van der Waals surface area contributed by atoms with Crippen LogP contribution in [0, 0.1) is 6.92 Å². The zero-order valence-corrected chi connectivity index (χ0v) is 8.84. The summed E-state index contributed by atoms with van der Waals surface area (Å²) in [4.78, 5) is 15.3. The van der Waals surface area contributed by atoms with E-state index in [0.717, 1.165) is 0 Å². The van der Waals surface area contributed by atoms with E-state index in [1.807, 2.05) is 0 Å². The molecule has 0 saturated heterocycles. The van der Waals surface area contributed by atoms with Crippen LogP contribution in [0.15, 0.2) is 22.6 Å². The molecule has 0 aliphatic rings. The smallest absolute Gasteiger partial charge is 0.239 e. The SMILES string of the molecule is Cc1nc2c(NC(=O)CCl)cccc2o1. The highest BCUT2D eigenvalue weighted by Crippen LogP contribution is 2.23. The first-order chi connectivity index (χ1) is 7.20. The molecule has 1 aromatic heterocycles. The number of aryl methyl sites for hydroxylation is 1. The number of carbonyl (C=O) groups excluding carboxylic acids is 1. The average Bonchev–Trinajstić information content (AvgIpc) is 2.59. The number of hydrogen-bond donors (Lipinski definition) is 1. The van der Waals surface area contributed by atoms with Crippen LogP contribution < -0.4 is 5.32 Å². The van der Waals surface area contributed by atoms with Gasteiger partial charge >= 0.3 is 0 Å². The third kappa shape index (κ3) is 1.94. The summed E-state index contributed by atoms with van der Waals surface area (Å²) >= 11 is 5.40. The quantitative estimate of drug-likeness (QED) is 0.797. The van der Waals surface area contributed by atoms with E-state index in [9.17, 15) is 4.79 Å². The number of halogens is 1. The minimum atomic E-state index is -0.259. The summed E-state index contributed by atoms with van der Waals surface area (Å²) in [5.41, 5.74) is 1.92. The van der Waals surface area contributed by atoms with Gasteiger partial charge < -0.3 is 9.73 Å². The van der Waals surface area contributed by atoms with Crippen molar-refractivity contribution in [3.05, 3.63) is 24.1 Å². The Morgan fingerprint density at radius 3 is 3.13 bits per heavy atom. The van der Waals surface area contributed by atoms with E-state index in [1.165, 1.54) is 0 Å². The van der Waals surface area contributed by atoms with E-state index in [0.29, 0.717) is 22.7 Å². The number of aromatic nitrogens is 1. The molecule has 0 aliphatic heterocycles. The molecule has 2 rings (SSSR count). The number of carbonyl (C=O) groups is 1. The zero-order valence-electron chi connectivity index (χ0n) is 8.08. The Kier molecular flexibility index (Phi) is 2.60. The third-order valence-electron chi connectivity index (χ3n) is 1.92. The van der Waals surface area contributed by atoms with Crippen LogP contribution in [0.25, 0.3) is 11.1 Å². The van der Waals surface area contributed by atoms with E-state index in [-0.39, 0.29) is 11.8 Å². The van der Waals surface area contributed by atoms with E-state index in [4.69, 9.17) is 16.0 Å². The van der Waals surface area contributed by atoms with Crippen LogP contribution in [0.2, 0.25) is 0 Å². The predicted octanol–water partition coefficient (Wildman–Crippen LogP) is 2.31. The first-order valence-corrected chi connectivity index (χ1v) is 4.96. The second-order valence-corrected chi connectivity index (χ2v) is 3.33. The van der Waals surface area contributed by atoms with Crippen LogP contribution >= 0.6 is 11.6 Å². The second kappa shape index (κ2) is 3.90. The van der Waals surface area contributed by atoms with Crippen molar-refractivity contribution in [2.24, 2.45) is 0 Å². The van der Waals surface area contributed by atoms with Crippen LogP contribution in [-0.2, 0) is 4.79 Å². The van der Waals surface area contributed by atoms with Crippen molar-refractivity contribution in [1.82, 2.24) is 4.98 Å². The van der Waals surface area contributed by atoms with Crippen LogP contribution in [0.5, 0.6) is 0 Å². The first kappa shape index (κ1) is 9.98. The van der Waals surface area contributed by atoms with Gasteiger partial charge in [-0.25, -0.2) is 4.98 Å². The van der Waals surface area contributed by atoms with Gasteiger partial charge in [-0.1, -0.05) is 6.07 Å². The Morgan fingerprint density at radius 1 is 1.60 bits per heavy atom. The van der Waals surface area contributed by atoms with Crippen molar-refractivity contribution in [2.45, 2.75) is 6.92 Å². The molecule has 1 aromatic carbocycles. The Hall–Kier alpha value is -1.55. The molecule has 0 radical (unpaired) electrons. The van der Waals surface area contributed by atoms with Gasteiger partial charge in [0.05, 0.1) is 5.69 Å². The number of rotatable bonds is 2. The van der Waals surface area contributed by atoms with E-state index < -0.39 is 0 Å². The zero-order chi connectivity index (χ0) is 10.8. The highest BCUT2D eigenvalue weighted by atomic mass is 35.5. The fourth-order valence-corrected chi connectivity index (χ4v) is 1.41. The average molecular weight is 225 g/mol. The molecule has 0 spiro atoms. The van der Waals surface area contributed by atoms with Gasteiger partial charge in [0.15, 0.2) is 11.5 Å². The molecule has 15 heavy (non-hydrogen) atoms. The largest absolute Gasteiger partial charge is 0.441 e. The molecule has 0 bridgehead atoms. The molecule has 0 unspecified atom stereocenters. The standard InChI is InChI=1S/C10H9ClN2O2/c1-6-12-10-7(13-9(14)5-11)3-2-4-8(10)15-6/h2-4H,5H2,1H3,(H,13,14). The fraction of sp³-hybridized carbons (Fsp3) is 0.200. The summed E-state index contributed by atoms with van der Waals surface area (Å²) in [6.45, 7) is 1.76. The van der Waals surface area contributed by atoms with Crippen molar-refractivity contribution < 1.29 is 9.21 Å². The number of anilines is 1. The van der Waals surface area contributed by atoms with Gasteiger partial charge in [-0.2, -0.15) is 0 Å². The molecule has 2 aromatic rings. The minimum absolute atomic E-state index is 0.0762. The van der Waals surface area contributed by atoms with Crippen molar-refractivity contribution in [3.8, 4) is 0 Å². The van der Waals surface area contributed by atoms with Crippen LogP contribution in [0.3, 0.4) is 0 Å². The summed E-state index contributed by atoms with van der Waals surface area (Å²) in [6.07, 6.45) is 0. The predicted molar refractivity (Wildman–Crippen MR) is 58.1 cm³/mol. The van der Waals surface area contributed by atoms with Gasteiger partial charge in [0.25, 0.3) is 0 Å². The number of nitrogens with one attached hydrogen (secondary N) is 1. The maximum Gasteiger partial charge on any atom is 0.239 e. The number of para-hydroxylation sites is 1. The molecule has 0 aliphatic carbocycles. The van der Waals surface area contributed by atoms with E-state index >= 15 is 0 Å². The van der Waals surface area contributed by atoms with Crippen LogP contribution in [0.4, 0.5) is 5.69 Å². The highest BCUT2D eigenvalue weighted by molar-refractivity contribution is 6.29. The molecule has 0 atom stereocenters. The van der Waals surface area contributed by atoms with E-state index in [2.05, 4.69) is 10.3 Å². The maximum absolute atomic E-state index is 11.1. The Balaban J connectivity index is 2.46. The summed E-state index contributed by atoms with van der Waals surface area (Å²) in [6, 6.07) is 5.34. The number of fused-ring (bicyclic) bond motifs is 1. The molecule has 5 heteroatoms. The summed E-state index contributed by atoms with van der Waals surface area (Å²) in [5, 5.41) is 2.65. The van der Waals surface area contributed by atoms with Crippen LogP contribution in [-0.4, -0.2) is 16.8 Å². The summed E-state index contributed by atoms with van der Waals surface area (Å²) in [5.74, 6) is 0.232. The number of alkyl halides is 1. The van der Waals surface area contributed by atoms with E-state index in [1.54, 1.807) is 25.1 Å². The van der Waals surface area contributed by atoms with Gasteiger partial charge in [0.1, 0.15) is 11.4 Å². The summed E-state index contributed by atoms with van der Waals surface area (Å²) in [7, 11) is 0. The lowest BCUT2D eigenvalue weighted by Crippen LogP contribution is -2.12. The molecule has 4 nitrogen and oxygen atoms in total. The van der Waals surface area contributed by atoms with Gasteiger partial charge in [-0.15, -0.1) is 11.6 Å². The number of amides is 1. The second-order valence-electron chi connectivity index (χ2n) is 3.07. The van der Waals surface area contributed by atoms with Gasteiger partial charge in [0, 0.05) is 6.92 Å². The maximum atomic E-state index is 11.1. The number of benzene rings is 1. The normalized spacial score (nSPS) is 10.5. The molecular formula is C10H9ClN2O2. The van der Waals surface area contributed by atoms with Crippen molar-refractivity contribution in [3.63, 3.8) is 0 Å². The monoisotopic (exact) mass is 224 g/mol. The lowest BCUT2D eigenvalue weighted by molar-refractivity contribution is -0.113. The summed E-state index contributed by atoms with van der Waals surface area (Å²) < 4.78 is 5.33. The Morgan fingerprint density at radius 2 is 2.40 bits per heavy atom. The molecule has 1 N–H and O–H groups in total. The third-order valence-corrected chi connectivity index (χ3v) is 2.16. The number of hydrogen-bond acceptors (Lipinski definition) is 3. The van der Waals surface area contributed by atoms with Crippen molar-refractivity contribution >= 4 is 34.3 Å². The molecular weight excluding hydrogens is 216 g/mol. The minimum Gasteiger partial charge on any atom is -0.441 e. The molecule has 1 heterocycles. The Labute approximate surface area is 91.2 Å². The number of nitrogens with zero attached hydrogens (tertiary/aromatic N) is 1. The number of oxazole rings is 1. The van der Waals surface area contributed by atoms with Crippen molar-refractivity contribution in [1.29, 1.82) is 0 Å².